The molecular formula is C15H26N2. The van der Waals surface area contributed by atoms with Crippen LogP contribution in [0.25, 0.3) is 0 Å². The zero-order valence-corrected chi connectivity index (χ0v) is 11.3. The van der Waals surface area contributed by atoms with E-state index in [1.807, 2.05) is 0 Å². The quantitative estimate of drug-likeness (QED) is 0.792. The molecule has 96 valence electrons. The van der Waals surface area contributed by atoms with Gasteiger partial charge in [0, 0.05) is 12.1 Å². The Balaban J connectivity index is 1.83. The molecule has 0 radical (unpaired) electrons. The van der Waals surface area contributed by atoms with Crippen LogP contribution >= 0.6 is 0 Å². The molecule has 2 aliphatic rings. The van der Waals surface area contributed by atoms with Crippen molar-refractivity contribution in [3.63, 3.8) is 0 Å². The highest BCUT2D eigenvalue weighted by molar-refractivity contribution is 4.96. The van der Waals surface area contributed by atoms with E-state index in [-0.39, 0.29) is 5.92 Å². The highest BCUT2D eigenvalue weighted by atomic mass is 15.0. The molecule has 2 nitrogen and oxygen atoms in total. The monoisotopic (exact) mass is 234 g/mol. The summed E-state index contributed by atoms with van der Waals surface area (Å²) in [7, 11) is 0. The van der Waals surface area contributed by atoms with Gasteiger partial charge in [-0.05, 0) is 43.9 Å². The summed E-state index contributed by atoms with van der Waals surface area (Å²) in [5, 5.41) is 13.0. The number of hydrogen-bond donors (Lipinski definition) is 1. The van der Waals surface area contributed by atoms with Crippen molar-refractivity contribution >= 4 is 0 Å². The summed E-state index contributed by atoms with van der Waals surface area (Å²) in [6.45, 7) is 4.75. The van der Waals surface area contributed by atoms with Gasteiger partial charge in [-0.1, -0.05) is 26.7 Å². The van der Waals surface area contributed by atoms with Crippen LogP contribution in [0.2, 0.25) is 0 Å². The molecule has 0 aliphatic heterocycles. The number of nitrogens with zero attached hydrogens (tertiary/aromatic N) is 1. The van der Waals surface area contributed by atoms with Crippen molar-refractivity contribution < 1.29 is 0 Å². The average molecular weight is 234 g/mol. The lowest BCUT2D eigenvalue weighted by Crippen LogP contribution is -2.46. The molecule has 2 fully saturated rings. The number of nitrogens with one attached hydrogen (secondary N) is 1. The van der Waals surface area contributed by atoms with Crippen molar-refractivity contribution in [3.05, 3.63) is 0 Å². The molecule has 2 rings (SSSR count). The van der Waals surface area contributed by atoms with Gasteiger partial charge in [0.25, 0.3) is 0 Å². The summed E-state index contributed by atoms with van der Waals surface area (Å²) < 4.78 is 0. The predicted molar refractivity (Wildman–Crippen MR) is 70.5 cm³/mol. The Kier molecular flexibility index (Phi) is 4.09. The first kappa shape index (κ1) is 12.9. The van der Waals surface area contributed by atoms with Gasteiger partial charge in [-0.2, -0.15) is 5.26 Å². The van der Waals surface area contributed by atoms with Gasteiger partial charge >= 0.3 is 0 Å². The van der Waals surface area contributed by atoms with Crippen molar-refractivity contribution in [3.8, 4) is 6.07 Å². The van der Waals surface area contributed by atoms with Gasteiger partial charge in [0.2, 0.25) is 0 Å². The van der Waals surface area contributed by atoms with Crippen molar-refractivity contribution in [1.29, 1.82) is 5.26 Å². The van der Waals surface area contributed by atoms with Gasteiger partial charge in [-0.15, -0.1) is 0 Å². The van der Waals surface area contributed by atoms with E-state index < -0.39 is 0 Å². The highest BCUT2D eigenvalue weighted by Gasteiger charge is 2.31. The second-order valence-electron chi connectivity index (χ2n) is 6.73. The molecule has 0 heterocycles. The summed E-state index contributed by atoms with van der Waals surface area (Å²) in [6.07, 6.45) is 10.1. The van der Waals surface area contributed by atoms with E-state index in [2.05, 4.69) is 25.2 Å². The van der Waals surface area contributed by atoms with E-state index in [4.69, 9.17) is 0 Å². The maximum atomic E-state index is 9.18. The maximum Gasteiger partial charge on any atom is 0.0672 e. The van der Waals surface area contributed by atoms with Gasteiger partial charge in [0.15, 0.2) is 0 Å². The molecular weight excluding hydrogens is 208 g/mol. The third-order valence-corrected chi connectivity index (χ3v) is 4.72. The maximum absolute atomic E-state index is 9.18. The molecule has 2 aliphatic carbocycles. The Bertz CT molecular complexity index is 280. The summed E-state index contributed by atoms with van der Waals surface area (Å²) in [5.41, 5.74) is 0.541. The van der Waals surface area contributed by atoms with Gasteiger partial charge in [-0.25, -0.2) is 0 Å². The van der Waals surface area contributed by atoms with Crippen LogP contribution in [0.4, 0.5) is 0 Å². The van der Waals surface area contributed by atoms with Crippen molar-refractivity contribution in [1.82, 2.24) is 5.32 Å². The molecule has 17 heavy (non-hydrogen) atoms. The zero-order valence-electron chi connectivity index (χ0n) is 11.3. The lowest BCUT2D eigenvalue weighted by molar-refractivity contribution is 0.181. The number of nitriles is 1. The molecule has 0 amide bonds. The summed E-state index contributed by atoms with van der Waals surface area (Å²) in [5.74, 6) is 0.263. The van der Waals surface area contributed by atoms with E-state index in [0.29, 0.717) is 17.5 Å². The zero-order chi connectivity index (χ0) is 12.3. The molecule has 0 aromatic carbocycles. The van der Waals surface area contributed by atoms with Gasteiger partial charge in [0.05, 0.1) is 12.0 Å². The van der Waals surface area contributed by atoms with Crippen LogP contribution in [-0.2, 0) is 0 Å². The van der Waals surface area contributed by atoms with Crippen molar-refractivity contribution in [2.75, 3.05) is 0 Å². The van der Waals surface area contributed by atoms with Crippen LogP contribution in [0.15, 0.2) is 0 Å². The second-order valence-corrected chi connectivity index (χ2v) is 6.73. The molecule has 0 aromatic heterocycles. The first-order valence-electron chi connectivity index (χ1n) is 7.26. The Hall–Kier alpha value is -0.550. The molecule has 1 N–H and O–H groups in total. The third-order valence-electron chi connectivity index (χ3n) is 4.72. The molecule has 2 heteroatoms. The molecule has 2 saturated carbocycles. The molecule has 2 unspecified atom stereocenters. The van der Waals surface area contributed by atoms with E-state index in [9.17, 15) is 5.26 Å². The lowest BCUT2D eigenvalue weighted by Gasteiger charge is -2.38. The fourth-order valence-corrected chi connectivity index (χ4v) is 3.35. The first-order valence-corrected chi connectivity index (χ1v) is 7.26. The number of rotatable bonds is 2. The SMILES string of the molecule is CC1(C)CCC(NC2CCCCC2C#N)CC1. The van der Waals surface area contributed by atoms with E-state index >= 15 is 0 Å². The molecule has 0 bridgehead atoms. The van der Waals surface area contributed by atoms with Crippen molar-refractivity contribution in [2.45, 2.75) is 77.3 Å². The Morgan fingerprint density at radius 2 is 1.71 bits per heavy atom. The van der Waals surface area contributed by atoms with Crippen LogP contribution < -0.4 is 5.32 Å². The number of hydrogen-bond acceptors (Lipinski definition) is 2. The fraction of sp³-hybridized carbons (Fsp3) is 0.933. The van der Waals surface area contributed by atoms with Gasteiger partial charge < -0.3 is 5.32 Å². The molecule has 0 aromatic rings. The minimum Gasteiger partial charge on any atom is -0.310 e. The van der Waals surface area contributed by atoms with E-state index in [1.165, 1.54) is 44.9 Å². The van der Waals surface area contributed by atoms with Gasteiger partial charge in [-0.3, -0.25) is 0 Å². The van der Waals surface area contributed by atoms with Crippen LogP contribution in [0.1, 0.15) is 65.2 Å². The predicted octanol–water partition coefficient (Wildman–Crippen LogP) is 3.63. The third kappa shape index (κ3) is 3.45. The standard InChI is InChI=1S/C15H26N2/c1-15(2)9-7-13(8-10-15)17-14-6-4-3-5-12(14)11-16/h12-14,17H,3-10H2,1-2H3. The van der Waals surface area contributed by atoms with Crippen molar-refractivity contribution in [2.24, 2.45) is 11.3 Å². The average Bonchev–Trinajstić information content (AvgIpc) is 2.32. The van der Waals surface area contributed by atoms with Crippen LogP contribution in [0.5, 0.6) is 0 Å². The van der Waals surface area contributed by atoms with E-state index in [0.717, 1.165) is 6.42 Å². The minimum atomic E-state index is 0.263. The largest absolute Gasteiger partial charge is 0.310 e. The Morgan fingerprint density at radius 3 is 2.35 bits per heavy atom. The summed E-state index contributed by atoms with van der Waals surface area (Å²) >= 11 is 0. The van der Waals surface area contributed by atoms with Gasteiger partial charge in [0.1, 0.15) is 0 Å². The molecule has 0 saturated heterocycles. The summed E-state index contributed by atoms with van der Waals surface area (Å²) in [6, 6.07) is 3.64. The highest BCUT2D eigenvalue weighted by Crippen LogP contribution is 2.36. The lowest BCUT2D eigenvalue weighted by atomic mass is 9.75. The smallest absolute Gasteiger partial charge is 0.0672 e. The van der Waals surface area contributed by atoms with Crippen LogP contribution in [-0.4, -0.2) is 12.1 Å². The first-order chi connectivity index (χ1) is 8.11. The molecule has 2 atom stereocenters. The van der Waals surface area contributed by atoms with E-state index in [1.54, 1.807) is 0 Å². The summed E-state index contributed by atoms with van der Waals surface area (Å²) in [4.78, 5) is 0. The normalized spacial score (nSPS) is 34.2. The van der Waals surface area contributed by atoms with Crippen LogP contribution in [0.3, 0.4) is 0 Å². The van der Waals surface area contributed by atoms with Crippen LogP contribution in [0, 0.1) is 22.7 Å². The Morgan fingerprint density at radius 1 is 1.06 bits per heavy atom. The molecule has 0 spiro atoms. The Labute approximate surface area is 106 Å². The minimum absolute atomic E-state index is 0.263. The topological polar surface area (TPSA) is 35.8 Å². The fourth-order valence-electron chi connectivity index (χ4n) is 3.35. The second kappa shape index (κ2) is 5.40.